The molecule has 0 amide bonds. The number of fused-ring (bicyclic) bond motifs is 1. The van der Waals surface area contributed by atoms with Crippen molar-refractivity contribution in [1.29, 1.82) is 0 Å². The third-order valence-electron chi connectivity index (χ3n) is 5.25. The minimum Gasteiger partial charge on any atom is -0.493 e. The molecule has 0 unspecified atom stereocenters. The second-order valence-electron chi connectivity index (χ2n) is 7.59. The Morgan fingerprint density at radius 1 is 1.03 bits per heavy atom. The SMILES string of the molecule is CCOC(=O)c1ccc2c(c1)n(C)c(=O)n2[C@H](CS(C)(=O)=O)c1ccc(OC)c(OCC)c1. The molecule has 0 aliphatic carbocycles. The van der Waals surface area contributed by atoms with Gasteiger partial charge in [0.2, 0.25) is 0 Å². The highest BCUT2D eigenvalue weighted by molar-refractivity contribution is 7.90. The van der Waals surface area contributed by atoms with Crippen molar-refractivity contribution in [2.75, 3.05) is 32.3 Å². The van der Waals surface area contributed by atoms with Gasteiger partial charge in [-0.05, 0) is 49.7 Å². The standard InChI is InChI=1S/C23H28N2O7S/c1-6-31-21-13-15(9-11-20(21)30-4)19(14-33(5,28)29)25-17-10-8-16(22(26)32-7-2)12-18(17)24(3)23(25)27/h8-13,19H,6-7,14H2,1-5H3/t19-/m1/s1. The molecule has 0 saturated carbocycles. The number of nitrogens with zero attached hydrogens (tertiary/aromatic N) is 2. The summed E-state index contributed by atoms with van der Waals surface area (Å²) in [7, 11) is -0.388. The number of benzene rings is 2. The molecule has 0 N–H and O–H groups in total. The predicted octanol–water partition coefficient (Wildman–Crippen LogP) is 2.56. The Labute approximate surface area is 192 Å². The second-order valence-corrected chi connectivity index (χ2v) is 9.77. The predicted molar refractivity (Wildman–Crippen MR) is 125 cm³/mol. The molecule has 1 aromatic heterocycles. The van der Waals surface area contributed by atoms with Gasteiger partial charge in [-0.15, -0.1) is 0 Å². The van der Waals surface area contributed by atoms with Crippen LogP contribution >= 0.6 is 0 Å². The molecule has 0 saturated heterocycles. The summed E-state index contributed by atoms with van der Waals surface area (Å²) in [6, 6.07) is 9.03. The number of carbonyl (C=O) groups excluding carboxylic acids is 1. The fraction of sp³-hybridized carbons (Fsp3) is 0.391. The molecule has 9 nitrogen and oxygen atoms in total. The zero-order valence-corrected chi connectivity index (χ0v) is 20.1. The fourth-order valence-corrected chi connectivity index (χ4v) is 4.70. The summed E-state index contributed by atoms with van der Waals surface area (Å²) >= 11 is 0. The average molecular weight is 477 g/mol. The van der Waals surface area contributed by atoms with Gasteiger partial charge in [-0.1, -0.05) is 6.07 Å². The summed E-state index contributed by atoms with van der Waals surface area (Å²) in [5, 5.41) is 0. The Kier molecular flexibility index (Phi) is 7.16. The van der Waals surface area contributed by atoms with Crippen molar-refractivity contribution in [1.82, 2.24) is 9.13 Å². The van der Waals surface area contributed by atoms with Gasteiger partial charge < -0.3 is 14.2 Å². The van der Waals surface area contributed by atoms with Crippen LogP contribution < -0.4 is 15.2 Å². The molecule has 178 valence electrons. The third kappa shape index (κ3) is 5.05. The molecule has 33 heavy (non-hydrogen) atoms. The van der Waals surface area contributed by atoms with E-state index in [1.165, 1.54) is 16.2 Å². The monoisotopic (exact) mass is 476 g/mol. The number of imidazole rings is 1. The van der Waals surface area contributed by atoms with Gasteiger partial charge in [0.15, 0.2) is 11.5 Å². The zero-order chi connectivity index (χ0) is 24.3. The van der Waals surface area contributed by atoms with E-state index in [2.05, 4.69) is 0 Å². The van der Waals surface area contributed by atoms with Gasteiger partial charge in [0.1, 0.15) is 9.84 Å². The number of rotatable bonds is 9. The number of sulfone groups is 1. The number of ether oxygens (including phenoxy) is 3. The van der Waals surface area contributed by atoms with E-state index in [0.29, 0.717) is 40.3 Å². The van der Waals surface area contributed by atoms with Crippen molar-refractivity contribution in [3.63, 3.8) is 0 Å². The fourth-order valence-electron chi connectivity index (χ4n) is 3.78. The van der Waals surface area contributed by atoms with Gasteiger partial charge in [0.25, 0.3) is 0 Å². The molecule has 0 radical (unpaired) electrons. The van der Waals surface area contributed by atoms with Crippen molar-refractivity contribution < 1.29 is 27.4 Å². The van der Waals surface area contributed by atoms with Gasteiger partial charge in [-0.25, -0.2) is 18.0 Å². The summed E-state index contributed by atoms with van der Waals surface area (Å²) in [4.78, 5) is 25.5. The highest BCUT2D eigenvalue weighted by Gasteiger charge is 2.26. The lowest BCUT2D eigenvalue weighted by atomic mass is 10.1. The number of hydrogen-bond donors (Lipinski definition) is 0. The highest BCUT2D eigenvalue weighted by atomic mass is 32.2. The summed E-state index contributed by atoms with van der Waals surface area (Å²) in [5.74, 6) is 0.157. The maximum atomic E-state index is 13.3. The van der Waals surface area contributed by atoms with E-state index < -0.39 is 27.5 Å². The van der Waals surface area contributed by atoms with E-state index in [4.69, 9.17) is 14.2 Å². The molecule has 3 rings (SSSR count). The maximum Gasteiger partial charge on any atom is 0.338 e. The van der Waals surface area contributed by atoms with E-state index in [0.717, 1.165) is 6.26 Å². The molecule has 0 bridgehead atoms. The quantitative estimate of drug-likeness (QED) is 0.437. The molecule has 3 aromatic rings. The minimum atomic E-state index is -3.48. The molecule has 0 aliphatic rings. The summed E-state index contributed by atoms with van der Waals surface area (Å²) in [6.07, 6.45) is 1.13. The van der Waals surface area contributed by atoms with Crippen LogP contribution in [-0.2, 0) is 21.6 Å². The average Bonchev–Trinajstić information content (AvgIpc) is 3.01. The molecule has 2 aromatic carbocycles. The van der Waals surface area contributed by atoms with Crippen molar-refractivity contribution in [2.45, 2.75) is 19.9 Å². The van der Waals surface area contributed by atoms with Crippen LogP contribution in [0.4, 0.5) is 0 Å². The van der Waals surface area contributed by atoms with Crippen molar-refractivity contribution in [2.24, 2.45) is 7.05 Å². The number of aromatic nitrogens is 2. The van der Waals surface area contributed by atoms with Crippen molar-refractivity contribution in [3.8, 4) is 11.5 Å². The molecular formula is C23H28N2O7S. The molecule has 0 fully saturated rings. The molecule has 0 spiro atoms. The molecule has 1 heterocycles. The van der Waals surface area contributed by atoms with E-state index in [1.54, 1.807) is 50.4 Å². The first-order valence-electron chi connectivity index (χ1n) is 10.5. The Hall–Kier alpha value is -3.27. The first-order valence-corrected chi connectivity index (χ1v) is 12.5. The number of hydrogen-bond acceptors (Lipinski definition) is 7. The first kappa shape index (κ1) is 24.4. The molecular weight excluding hydrogens is 448 g/mol. The van der Waals surface area contributed by atoms with Crippen LogP contribution in [0.5, 0.6) is 11.5 Å². The largest absolute Gasteiger partial charge is 0.493 e. The molecule has 10 heteroatoms. The number of aryl methyl sites for hydroxylation is 1. The number of esters is 1. The highest BCUT2D eigenvalue weighted by Crippen LogP contribution is 2.33. The van der Waals surface area contributed by atoms with Crippen molar-refractivity contribution in [3.05, 3.63) is 58.0 Å². The van der Waals surface area contributed by atoms with Crippen LogP contribution in [0, 0.1) is 0 Å². The number of methoxy groups -OCH3 is 1. The maximum absolute atomic E-state index is 13.3. The Bertz CT molecular complexity index is 1340. The minimum absolute atomic E-state index is 0.229. The topological polar surface area (TPSA) is 106 Å². The van der Waals surface area contributed by atoms with Crippen molar-refractivity contribution >= 4 is 26.8 Å². The lowest BCUT2D eigenvalue weighted by Crippen LogP contribution is -2.30. The van der Waals surface area contributed by atoms with Gasteiger partial charge in [-0.2, -0.15) is 0 Å². The second kappa shape index (κ2) is 9.70. The molecule has 1 atom stereocenters. The van der Waals surface area contributed by atoms with Crippen LogP contribution in [0.2, 0.25) is 0 Å². The zero-order valence-electron chi connectivity index (χ0n) is 19.3. The Balaban J connectivity index is 2.25. The summed E-state index contributed by atoms with van der Waals surface area (Å²) in [6.45, 7) is 4.16. The summed E-state index contributed by atoms with van der Waals surface area (Å²) < 4.78 is 43.6. The van der Waals surface area contributed by atoms with Gasteiger partial charge >= 0.3 is 11.7 Å². The van der Waals surface area contributed by atoms with Gasteiger partial charge in [0, 0.05) is 13.3 Å². The van der Waals surface area contributed by atoms with E-state index >= 15 is 0 Å². The van der Waals surface area contributed by atoms with Crippen LogP contribution in [0.3, 0.4) is 0 Å². The van der Waals surface area contributed by atoms with Crippen LogP contribution in [0.1, 0.15) is 35.8 Å². The van der Waals surface area contributed by atoms with E-state index in [-0.39, 0.29) is 12.4 Å². The Morgan fingerprint density at radius 2 is 1.76 bits per heavy atom. The van der Waals surface area contributed by atoms with E-state index in [9.17, 15) is 18.0 Å². The third-order valence-corrected chi connectivity index (χ3v) is 6.17. The van der Waals surface area contributed by atoms with Crippen LogP contribution in [0.15, 0.2) is 41.2 Å². The first-order chi connectivity index (χ1) is 15.6. The number of carbonyl (C=O) groups is 1. The molecule has 0 aliphatic heterocycles. The van der Waals surface area contributed by atoms with Gasteiger partial charge in [-0.3, -0.25) is 9.13 Å². The lowest BCUT2D eigenvalue weighted by Gasteiger charge is -2.20. The summed E-state index contributed by atoms with van der Waals surface area (Å²) in [5.41, 5.74) is 1.46. The Morgan fingerprint density at radius 3 is 2.36 bits per heavy atom. The normalized spacial score (nSPS) is 12.5. The van der Waals surface area contributed by atoms with Gasteiger partial charge in [0.05, 0.1) is 48.7 Å². The van der Waals surface area contributed by atoms with E-state index in [1.807, 2.05) is 6.92 Å². The lowest BCUT2D eigenvalue weighted by molar-refractivity contribution is 0.0526. The van der Waals surface area contributed by atoms with Crippen LogP contribution in [-0.4, -0.2) is 55.9 Å². The smallest absolute Gasteiger partial charge is 0.338 e. The van der Waals surface area contributed by atoms with Crippen LogP contribution in [0.25, 0.3) is 11.0 Å².